The first-order valence-electron chi connectivity index (χ1n) is 10.2. The monoisotopic (exact) mass is 380 g/mol. The fourth-order valence-corrected chi connectivity index (χ4v) is 4.06. The molecule has 1 fully saturated rings. The number of hydrogen-bond acceptors (Lipinski definition) is 5. The average Bonchev–Trinajstić information content (AvgIpc) is 2.77. The molecule has 1 aromatic heterocycles. The number of amides is 1. The lowest BCUT2D eigenvalue weighted by Crippen LogP contribution is -2.39. The van der Waals surface area contributed by atoms with E-state index >= 15 is 0 Å². The van der Waals surface area contributed by atoms with Crippen LogP contribution in [-0.4, -0.2) is 47.5 Å². The first kappa shape index (κ1) is 18.9. The number of ether oxygens (including phenoxy) is 1. The van der Waals surface area contributed by atoms with Crippen molar-refractivity contribution in [3.05, 3.63) is 53.1 Å². The van der Waals surface area contributed by atoms with E-state index in [0.29, 0.717) is 6.42 Å². The van der Waals surface area contributed by atoms with E-state index in [1.54, 1.807) is 7.11 Å². The normalized spacial score (nSPS) is 19.2. The summed E-state index contributed by atoms with van der Waals surface area (Å²) in [6.07, 6.45) is 6.29. The highest BCUT2D eigenvalue weighted by Crippen LogP contribution is 2.26. The van der Waals surface area contributed by atoms with Gasteiger partial charge in [-0.15, -0.1) is 0 Å². The van der Waals surface area contributed by atoms with Crippen molar-refractivity contribution in [2.45, 2.75) is 44.6 Å². The van der Waals surface area contributed by atoms with Gasteiger partial charge in [0.1, 0.15) is 11.6 Å². The molecule has 0 radical (unpaired) electrons. The van der Waals surface area contributed by atoms with Gasteiger partial charge in [0, 0.05) is 62.4 Å². The van der Waals surface area contributed by atoms with Gasteiger partial charge in [-0.25, -0.2) is 9.97 Å². The van der Waals surface area contributed by atoms with Crippen LogP contribution in [-0.2, 0) is 24.2 Å². The number of carbonyl (C=O) groups is 1. The van der Waals surface area contributed by atoms with Gasteiger partial charge in [-0.2, -0.15) is 0 Å². The molecule has 6 nitrogen and oxygen atoms in total. The lowest BCUT2D eigenvalue weighted by Gasteiger charge is -2.32. The van der Waals surface area contributed by atoms with Crippen molar-refractivity contribution in [2.24, 2.45) is 0 Å². The number of hydrogen-bond donors (Lipinski definition) is 1. The van der Waals surface area contributed by atoms with Crippen molar-refractivity contribution >= 4 is 5.91 Å². The number of nitrogens with one attached hydrogen (secondary N) is 1. The summed E-state index contributed by atoms with van der Waals surface area (Å²) in [7, 11) is 1.66. The smallest absolute Gasteiger partial charge is 0.222 e. The van der Waals surface area contributed by atoms with Crippen molar-refractivity contribution in [1.29, 1.82) is 0 Å². The highest BCUT2D eigenvalue weighted by molar-refractivity contribution is 5.76. The number of likely N-dealkylation sites (tertiary alicyclic amines) is 1. The Morgan fingerprint density at radius 3 is 3.00 bits per heavy atom. The molecule has 1 saturated heterocycles. The summed E-state index contributed by atoms with van der Waals surface area (Å²) >= 11 is 0. The van der Waals surface area contributed by atoms with Gasteiger partial charge >= 0.3 is 0 Å². The molecule has 4 rings (SSSR count). The number of aromatic nitrogens is 2. The lowest BCUT2D eigenvalue weighted by atomic mass is 9.96. The molecular formula is C22H28N4O2. The number of benzene rings is 1. The van der Waals surface area contributed by atoms with Crippen LogP contribution in [0.3, 0.4) is 0 Å². The molecule has 2 aromatic rings. The summed E-state index contributed by atoms with van der Waals surface area (Å²) in [6, 6.07) is 7.95. The average molecular weight is 380 g/mol. The van der Waals surface area contributed by atoms with Crippen molar-refractivity contribution in [3.8, 4) is 5.75 Å². The molecule has 1 atom stereocenters. The van der Waals surface area contributed by atoms with E-state index in [1.165, 1.54) is 11.3 Å². The standard InChI is InChI=1S/C22H28N4O2/c1-28-19-7-4-16(5-8-19)6-9-21(27)26-12-2-3-17(15-26)22-24-14-18-13-23-11-10-20(18)25-22/h4-5,7-8,14,17,23H,2-3,6,9-13,15H2,1H3/t17-/m1/s1. The SMILES string of the molecule is COc1ccc(CCC(=O)N2CCC[C@@H](c3ncc4c(n3)CCNC4)C2)cc1. The molecule has 0 spiro atoms. The molecule has 0 bridgehead atoms. The second-order valence-electron chi connectivity index (χ2n) is 7.65. The molecule has 2 aliphatic rings. The first-order chi connectivity index (χ1) is 13.7. The molecule has 28 heavy (non-hydrogen) atoms. The maximum atomic E-state index is 12.8. The summed E-state index contributed by atoms with van der Waals surface area (Å²) in [6.45, 7) is 3.41. The summed E-state index contributed by atoms with van der Waals surface area (Å²) < 4.78 is 5.19. The molecule has 3 heterocycles. The minimum atomic E-state index is 0.225. The lowest BCUT2D eigenvalue weighted by molar-refractivity contribution is -0.132. The van der Waals surface area contributed by atoms with Crippen molar-refractivity contribution in [3.63, 3.8) is 0 Å². The summed E-state index contributed by atoms with van der Waals surface area (Å²) in [5, 5.41) is 3.36. The third-order valence-electron chi connectivity index (χ3n) is 5.75. The van der Waals surface area contributed by atoms with Crippen molar-refractivity contribution in [1.82, 2.24) is 20.2 Å². The second-order valence-corrected chi connectivity index (χ2v) is 7.65. The van der Waals surface area contributed by atoms with Crippen LogP contribution in [0.1, 0.15) is 47.8 Å². The Bertz CT molecular complexity index is 822. The maximum Gasteiger partial charge on any atom is 0.222 e. The van der Waals surface area contributed by atoms with Gasteiger partial charge in [-0.1, -0.05) is 12.1 Å². The fourth-order valence-electron chi connectivity index (χ4n) is 4.06. The zero-order chi connectivity index (χ0) is 19.3. The van der Waals surface area contributed by atoms with Gasteiger partial charge in [0.25, 0.3) is 0 Å². The van der Waals surface area contributed by atoms with Gasteiger partial charge in [0.05, 0.1) is 7.11 Å². The van der Waals surface area contributed by atoms with Gasteiger partial charge in [-0.3, -0.25) is 4.79 Å². The number of fused-ring (bicyclic) bond motifs is 1. The van der Waals surface area contributed by atoms with Crippen LogP contribution in [0, 0.1) is 0 Å². The Labute approximate surface area is 166 Å². The largest absolute Gasteiger partial charge is 0.497 e. The number of piperidine rings is 1. The van der Waals surface area contributed by atoms with Gasteiger partial charge in [0.2, 0.25) is 5.91 Å². The molecule has 0 unspecified atom stereocenters. The Morgan fingerprint density at radius 1 is 1.32 bits per heavy atom. The van der Waals surface area contributed by atoms with Crippen LogP contribution in [0.2, 0.25) is 0 Å². The first-order valence-corrected chi connectivity index (χ1v) is 10.2. The molecule has 2 aliphatic heterocycles. The minimum absolute atomic E-state index is 0.225. The summed E-state index contributed by atoms with van der Waals surface area (Å²) in [4.78, 5) is 24.2. The van der Waals surface area contributed by atoms with Gasteiger partial charge in [-0.05, 0) is 37.0 Å². The quantitative estimate of drug-likeness (QED) is 0.863. The molecule has 0 aliphatic carbocycles. The highest BCUT2D eigenvalue weighted by Gasteiger charge is 2.27. The molecular weight excluding hydrogens is 352 g/mol. The summed E-state index contributed by atoms with van der Waals surface area (Å²) in [5.74, 6) is 2.23. The van der Waals surface area contributed by atoms with Crippen LogP contribution in [0.5, 0.6) is 5.75 Å². The fraction of sp³-hybridized carbons (Fsp3) is 0.500. The van der Waals surface area contributed by atoms with Crippen molar-refractivity contribution in [2.75, 3.05) is 26.7 Å². The van der Waals surface area contributed by atoms with Crippen LogP contribution >= 0.6 is 0 Å². The van der Waals surface area contributed by atoms with E-state index in [2.05, 4.69) is 10.3 Å². The topological polar surface area (TPSA) is 67.3 Å². The number of carbonyl (C=O) groups excluding carboxylic acids is 1. The number of nitrogens with zero attached hydrogens (tertiary/aromatic N) is 3. The van der Waals surface area contributed by atoms with E-state index < -0.39 is 0 Å². The van der Waals surface area contributed by atoms with Crippen LogP contribution in [0.4, 0.5) is 0 Å². The van der Waals surface area contributed by atoms with Crippen LogP contribution in [0.15, 0.2) is 30.5 Å². The maximum absolute atomic E-state index is 12.8. The van der Waals surface area contributed by atoms with Crippen molar-refractivity contribution < 1.29 is 9.53 Å². The molecule has 148 valence electrons. The number of methoxy groups -OCH3 is 1. The summed E-state index contributed by atoms with van der Waals surface area (Å²) in [5.41, 5.74) is 3.54. The van der Waals surface area contributed by atoms with E-state index in [-0.39, 0.29) is 11.8 Å². The number of rotatable bonds is 5. The van der Waals surface area contributed by atoms with Gasteiger partial charge in [0.15, 0.2) is 0 Å². The van der Waals surface area contributed by atoms with E-state index in [0.717, 1.165) is 69.0 Å². The third-order valence-corrected chi connectivity index (χ3v) is 5.75. The molecule has 1 amide bonds. The molecule has 0 saturated carbocycles. The Balaban J connectivity index is 1.35. The number of aryl methyl sites for hydroxylation is 1. The van der Waals surface area contributed by atoms with E-state index in [4.69, 9.17) is 9.72 Å². The second kappa shape index (κ2) is 8.69. The molecule has 1 aromatic carbocycles. The predicted molar refractivity (Wildman–Crippen MR) is 107 cm³/mol. The van der Waals surface area contributed by atoms with E-state index in [1.807, 2.05) is 35.4 Å². The molecule has 6 heteroatoms. The van der Waals surface area contributed by atoms with Crippen LogP contribution < -0.4 is 10.1 Å². The van der Waals surface area contributed by atoms with Crippen LogP contribution in [0.25, 0.3) is 0 Å². The Hall–Kier alpha value is -2.47. The highest BCUT2D eigenvalue weighted by atomic mass is 16.5. The Kier molecular flexibility index (Phi) is 5.86. The third kappa shape index (κ3) is 4.33. The zero-order valence-corrected chi connectivity index (χ0v) is 16.5. The zero-order valence-electron chi connectivity index (χ0n) is 16.5. The molecule has 1 N–H and O–H groups in total. The minimum Gasteiger partial charge on any atom is -0.497 e. The van der Waals surface area contributed by atoms with E-state index in [9.17, 15) is 4.79 Å². The predicted octanol–water partition coefficient (Wildman–Crippen LogP) is 2.47. The van der Waals surface area contributed by atoms with Gasteiger partial charge < -0.3 is 15.0 Å². The Morgan fingerprint density at radius 2 is 2.18 bits per heavy atom.